The summed E-state index contributed by atoms with van der Waals surface area (Å²) in [5.41, 5.74) is 2.44. The predicted molar refractivity (Wildman–Crippen MR) is 76.8 cm³/mol. The fourth-order valence-electron chi connectivity index (χ4n) is 2.55. The van der Waals surface area contributed by atoms with Crippen LogP contribution in [0.5, 0.6) is 6.01 Å². The highest BCUT2D eigenvalue weighted by Crippen LogP contribution is 2.27. The van der Waals surface area contributed by atoms with Crippen molar-refractivity contribution in [2.24, 2.45) is 11.8 Å². The maximum Gasteiger partial charge on any atom is 0.323 e. The number of nitrogens with zero attached hydrogens (tertiary/aromatic N) is 5. The fraction of sp³-hybridized carbons (Fsp3) is 0.538. The average Bonchev–Trinajstić information content (AvgIpc) is 3.04. The van der Waals surface area contributed by atoms with Gasteiger partial charge in [0, 0.05) is 12.4 Å². The molecule has 112 valence electrons. The Morgan fingerprint density at radius 1 is 1.29 bits per heavy atom. The Morgan fingerprint density at radius 2 is 2.14 bits per heavy atom. The quantitative estimate of drug-likeness (QED) is 0.645. The van der Waals surface area contributed by atoms with Crippen molar-refractivity contribution in [3.63, 3.8) is 0 Å². The lowest BCUT2D eigenvalue weighted by atomic mass is 9.88. The third-order valence-corrected chi connectivity index (χ3v) is 3.76. The van der Waals surface area contributed by atoms with Gasteiger partial charge in [-0.05, 0) is 25.2 Å². The van der Waals surface area contributed by atoms with Gasteiger partial charge in [0.05, 0.1) is 0 Å². The minimum Gasteiger partial charge on any atom is -0.460 e. The fourth-order valence-corrected chi connectivity index (χ4v) is 2.55. The molecule has 2 atom stereocenters. The normalized spacial score (nSPS) is 22.0. The van der Waals surface area contributed by atoms with Crippen LogP contribution in [0, 0.1) is 5.92 Å². The topological polar surface area (TPSA) is 104 Å². The lowest BCUT2D eigenvalue weighted by molar-refractivity contribution is 0.0921. The maximum atomic E-state index is 5.96. The monoisotopic (exact) mass is 289 g/mol. The van der Waals surface area contributed by atoms with E-state index in [0.29, 0.717) is 17.9 Å². The Kier molecular flexibility index (Phi) is 3.96. The zero-order valence-corrected chi connectivity index (χ0v) is 11.9. The van der Waals surface area contributed by atoms with Crippen LogP contribution in [0.15, 0.2) is 18.7 Å². The smallest absolute Gasteiger partial charge is 0.323 e. The van der Waals surface area contributed by atoms with Gasteiger partial charge >= 0.3 is 6.01 Å². The summed E-state index contributed by atoms with van der Waals surface area (Å²) in [6, 6.07) is 0.292. The van der Waals surface area contributed by atoms with E-state index in [1.165, 1.54) is 19.3 Å². The van der Waals surface area contributed by atoms with E-state index in [1.807, 2.05) is 0 Å². The van der Waals surface area contributed by atoms with Gasteiger partial charge in [-0.3, -0.25) is 9.99 Å². The van der Waals surface area contributed by atoms with E-state index in [-0.39, 0.29) is 12.1 Å². The molecule has 1 aliphatic carbocycles. The van der Waals surface area contributed by atoms with Crippen molar-refractivity contribution < 1.29 is 4.74 Å². The zero-order valence-electron chi connectivity index (χ0n) is 11.9. The summed E-state index contributed by atoms with van der Waals surface area (Å²) < 4.78 is 7.64. The number of rotatable bonds is 4. The standard InChI is InChI=1S/C13H19N7O/c1-9-4-2-3-5-10(9)21-13-17-11(19-14)16-12(18-13)20-7-6-15-8-20/h6-10H,2-5,14H2,1H3,(H,16,17,18,19). The predicted octanol–water partition coefficient (Wildman–Crippen LogP) is 1.30. The molecule has 8 nitrogen and oxygen atoms in total. The minimum absolute atomic E-state index is 0.141. The van der Waals surface area contributed by atoms with E-state index in [1.54, 1.807) is 23.3 Å². The van der Waals surface area contributed by atoms with Gasteiger partial charge in [0.15, 0.2) is 0 Å². The lowest BCUT2D eigenvalue weighted by Gasteiger charge is -2.28. The third kappa shape index (κ3) is 3.10. The number of hydrogen-bond acceptors (Lipinski definition) is 7. The molecule has 3 N–H and O–H groups in total. The molecule has 1 aliphatic rings. The van der Waals surface area contributed by atoms with E-state index in [4.69, 9.17) is 10.6 Å². The molecular formula is C13H19N7O. The Labute approximate surface area is 122 Å². The van der Waals surface area contributed by atoms with Gasteiger partial charge in [-0.15, -0.1) is 0 Å². The van der Waals surface area contributed by atoms with E-state index in [2.05, 4.69) is 32.3 Å². The van der Waals surface area contributed by atoms with Crippen LogP contribution in [0.2, 0.25) is 0 Å². The lowest BCUT2D eigenvalue weighted by Crippen LogP contribution is -2.29. The molecule has 0 bridgehead atoms. The number of ether oxygens (including phenoxy) is 1. The van der Waals surface area contributed by atoms with Gasteiger partial charge in [0.25, 0.3) is 0 Å². The van der Waals surface area contributed by atoms with Crippen LogP contribution in [-0.4, -0.2) is 30.6 Å². The van der Waals surface area contributed by atoms with Crippen LogP contribution in [-0.2, 0) is 0 Å². The first kappa shape index (κ1) is 13.7. The number of hydrazine groups is 1. The SMILES string of the molecule is CC1CCCCC1Oc1nc(NN)nc(-n2ccnc2)n1. The van der Waals surface area contributed by atoms with Gasteiger partial charge < -0.3 is 4.74 Å². The van der Waals surface area contributed by atoms with Gasteiger partial charge in [-0.2, -0.15) is 15.0 Å². The Hall–Kier alpha value is -2.22. The van der Waals surface area contributed by atoms with Crippen LogP contribution in [0.3, 0.4) is 0 Å². The van der Waals surface area contributed by atoms with Crippen molar-refractivity contribution >= 4 is 5.95 Å². The van der Waals surface area contributed by atoms with E-state index in [0.717, 1.165) is 6.42 Å². The summed E-state index contributed by atoms with van der Waals surface area (Å²) in [4.78, 5) is 16.7. The highest BCUT2D eigenvalue weighted by atomic mass is 16.5. The van der Waals surface area contributed by atoms with Crippen molar-refractivity contribution in [1.82, 2.24) is 24.5 Å². The first-order valence-corrected chi connectivity index (χ1v) is 7.14. The summed E-state index contributed by atoms with van der Waals surface area (Å²) in [6.45, 7) is 2.20. The molecule has 0 aromatic carbocycles. The molecule has 2 unspecified atom stereocenters. The van der Waals surface area contributed by atoms with Gasteiger partial charge in [0.2, 0.25) is 11.9 Å². The molecule has 0 aliphatic heterocycles. The van der Waals surface area contributed by atoms with Crippen LogP contribution < -0.4 is 16.0 Å². The largest absolute Gasteiger partial charge is 0.460 e. The van der Waals surface area contributed by atoms with Crippen molar-refractivity contribution in [2.75, 3.05) is 5.43 Å². The Bertz CT molecular complexity index is 586. The number of nitrogens with one attached hydrogen (secondary N) is 1. The van der Waals surface area contributed by atoms with Crippen LogP contribution in [0.25, 0.3) is 5.95 Å². The second-order valence-electron chi connectivity index (χ2n) is 5.27. The minimum atomic E-state index is 0.141. The van der Waals surface area contributed by atoms with E-state index < -0.39 is 0 Å². The van der Waals surface area contributed by atoms with Crippen molar-refractivity contribution in [3.05, 3.63) is 18.7 Å². The van der Waals surface area contributed by atoms with Crippen molar-refractivity contribution in [1.29, 1.82) is 0 Å². The van der Waals surface area contributed by atoms with Crippen LogP contribution >= 0.6 is 0 Å². The van der Waals surface area contributed by atoms with Gasteiger partial charge in [0.1, 0.15) is 12.4 Å². The molecule has 0 radical (unpaired) electrons. The second-order valence-corrected chi connectivity index (χ2v) is 5.27. The number of imidazole rings is 1. The highest BCUT2D eigenvalue weighted by molar-refractivity contribution is 5.28. The molecule has 2 heterocycles. The Morgan fingerprint density at radius 3 is 2.86 bits per heavy atom. The first-order chi connectivity index (χ1) is 10.3. The van der Waals surface area contributed by atoms with Crippen LogP contribution in [0.4, 0.5) is 5.95 Å². The molecule has 2 aromatic rings. The zero-order chi connectivity index (χ0) is 14.7. The van der Waals surface area contributed by atoms with Crippen molar-refractivity contribution in [3.8, 4) is 12.0 Å². The van der Waals surface area contributed by atoms with Gasteiger partial charge in [-0.25, -0.2) is 10.8 Å². The molecule has 8 heteroatoms. The van der Waals surface area contributed by atoms with E-state index >= 15 is 0 Å². The molecule has 2 aromatic heterocycles. The molecule has 0 spiro atoms. The Balaban J connectivity index is 1.85. The van der Waals surface area contributed by atoms with Crippen LogP contribution in [0.1, 0.15) is 32.6 Å². The molecule has 0 amide bonds. The van der Waals surface area contributed by atoms with Crippen molar-refractivity contribution in [2.45, 2.75) is 38.7 Å². The molecule has 1 saturated carbocycles. The second kappa shape index (κ2) is 6.04. The molecule has 1 fully saturated rings. The molecule has 3 rings (SSSR count). The molecule has 0 saturated heterocycles. The molecular weight excluding hydrogens is 270 g/mol. The summed E-state index contributed by atoms with van der Waals surface area (Å²) in [5.74, 6) is 6.62. The van der Waals surface area contributed by atoms with Gasteiger partial charge in [-0.1, -0.05) is 13.3 Å². The number of anilines is 1. The maximum absolute atomic E-state index is 5.96. The number of hydrogen-bond donors (Lipinski definition) is 2. The highest BCUT2D eigenvalue weighted by Gasteiger charge is 2.24. The number of nitrogens with two attached hydrogens (primary N) is 1. The summed E-state index contributed by atoms with van der Waals surface area (Å²) in [7, 11) is 0. The number of nitrogen functional groups attached to an aromatic ring is 1. The summed E-state index contributed by atoms with van der Waals surface area (Å²) >= 11 is 0. The van der Waals surface area contributed by atoms with E-state index in [9.17, 15) is 0 Å². The molecule has 21 heavy (non-hydrogen) atoms. The summed E-state index contributed by atoms with van der Waals surface area (Å²) in [6.07, 6.45) is 9.80. The first-order valence-electron chi connectivity index (χ1n) is 7.14. The summed E-state index contributed by atoms with van der Waals surface area (Å²) in [5, 5.41) is 0. The average molecular weight is 289 g/mol. The third-order valence-electron chi connectivity index (χ3n) is 3.76. The number of aromatic nitrogens is 5.